The number of rotatable bonds is 9. The Morgan fingerprint density at radius 1 is 1.07 bits per heavy atom. The van der Waals surface area contributed by atoms with Crippen LogP contribution in [0.4, 0.5) is 0 Å². The molecule has 0 aliphatic rings. The fraction of sp³-hybridized carbons (Fsp3) is 0.304. The highest BCUT2D eigenvalue weighted by molar-refractivity contribution is 6.18. The lowest BCUT2D eigenvalue weighted by molar-refractivity contribution is 0.124. The average molecular weight is 387 g/mol. The minimum absolute atomic E-state index is 0.133. The molecule has 0 heterocycles. The number of alkyl halides is 1. The van der Waals surface area contributed by atoms with Crippen molar-refractivity contribution in [3.63, 3.8) is 0 Å². The Morgan fingerprint density at radius 2 is 1.74 bits per heavy atom. The van der Waals surface area contributed by atoms with Crippen molar-refractivity contribution >= 4 is 23.8 Å². The first-order valence-corrected chi connectivity index (χ1v) is 9.51. The van der Waals surface area contributed by atoms with Crippen molar-refractivity contribution in [2.24, 2.45) is 0 Å². The molecule has 1 atom stereocenters. The molecular formula is C23H27ClO3. The lowest BCUT2D eigenvalue weighted by atomic mass is 10.0. The lowest BCUT2D eigenvalue weighted by Crippen LogP contribution is -2.19. The summed E-state index contributed by atoms with van der Waals surface area (Å²) in [4.78, 5) is 0. The summed E-state index contributed by atoms with van der Waals surface area (Å²) in [6.07, 6.45) is 6.18. The summed E-state index contributed by atoms with van der Waals surface area (Å²) in [5.41, 5.74) is 4.26. The predicted molar refractivity (Wildman–Crippen MR) is 114 cm³/mol. The second-order valence-electron chi connectivity index (χ2n) is 6.55. The monoisotopic (exact) mass is 386 g/mol. The molecule has 0 aliphatic heterocycles. The third kappa shape index (κ3) is 6.78. The van der Waals surface area contributed by atoms with Gasteiger partial charge in [0.05, 0.1) is 13.0 Å². The fourth-order valence-corrected chi connectivity index (χ4v) is 2.63. The molecule has 144 valence electrons. The minimum atomic E-state index is -0.711. The van der Waals surface area contributed by atoms with Crippen LogP contribution in [0.2, 0.25) is 0 Å². The van der Waals surface area contributed by atoms with Crippen LogP contribution in [0.5, 0.6) is 11.5 Å². The SMILES string of the molecule is COc1cc(/C=C/c2ccccc2)cc(OCC(O)CCl)c1CC=C(C)C. The van der Waals surface area contributed by atoms with E-state index >= 15 is 0 Å². The first-order chi connectivity index (χ1) is 13.0. The number of aliphatic hydroxyl groups is 1. The van der Waals surface area contributed by atoms with Crippen LogP contribution in [0.1, 0.15) is 30.5 Å². The van der Waals surface area contributed by atoms with Gasteiger partial charge in [0.25, 0.3) is 0 Å². The largest absolute Gasteiger partial charge is 0.496 e. The van der Waals surface area contributed by atoms with E-state index < -0.39 is 6.10 Å². The number of benzene rings is 2. The zero-order valence-electron chi connectivity index (χ0n) is 16.1. The minimum Gasteiger partial charge on any atom is -0.496 e. The summed E-state index contributed by atoms with van der Waals surface area (Å²) < 4.78 is 11.5. The molecule has 2 aromatic rings. The van der Waals surface area contributed by atoms with Gasteiger partial charge >= 0.3 is 0 Å². The van der Waals surface area contributed by atoms with Crippen molar-refractivity contribution in [1.82, 2.24) is 0 Å². The molecular weight excluding hydrogens is 360 g/mol. The van der Waals surface area contributed by atoms with Crippen molar-refractivity contribution in [3.05, 3.63) is 70.8 Å². The summed E-state index contributed by atoms with van der Waals surface area (Å²) in [6, 6.07) is 14.1. The molecule has 0 aliphatic carbocycles. The molecule has 4 heteroatoms. The third-order valence-electron chi connectivity index (χ3n) is 4.00. The molecule has 0 amide bonds. The van der Waals surface area contributed by atoms with Crippen LogP contribution < -0.4 is 9.47 Å². The van der Waals surface area contributed by atoms with E-state index in [4.69, 9.17) is 21.1 Å². The average Bonchev–Trinajstić information content (AvgIpc) is 2.69. The van der Waals surface area contributed by atoms with E-state index in [0.717, 1.165) is 22.4 Å². The Labute approximate surface area is 166 Å². The smallest absolute Gasteiger partial charge is 0.127 e. The normalized spacial score (nSPS) is 12.0. The van der Waals surface area contributed by atoms with Crippen LogP contribution >= 0.6 is 11.6 Å². The van der Waals surface area contributed by atoms with Gasteiger partial charge < -0.3 is 14.6 Å². The summed E-state index contributed by atoms with van der Waals surface area (Å²) in [5, 5.41) is 9.76. The quantitative estimate of drug-likeness (QED) is 0.358. The van der Waals surface area contributed by atoms with Crippen molar-refractivity contribution in [3.8, 4) is 11.5 Å². The van der Waals surface area contributed by atoms with Crippen molar-refractivity contribution in [2.45, 2.75) is 26.4 Å². The highest BCUT2D eigenvalue weighted by atomic mass is 35.5. The maximum atomic E-state index is 9.76. The highest BCUT2D eigenvalue weighted by Crippen LogP contribution is 2.33. The zero-order valence-corrected chi connectivity index (χ0v) is 16.9. The van der Waals surface area contributed by atoms with Crippen LogP contribution in [0.25, 0.3) is 12.2 Å². The second kappa shape index (κ2) is 10.8. The Kier molecular flexibility index (Phi) is 8.43. The number of halogens is 1. The third-order valence-corrected chi connectivity index (χ3v) is 4.36. The summed E-state index contributed by atoms with van der Waals surface area (Å²) in [5.74, 6) is 1.59. The molecule has 1 unspecified atom stereocenters. The summed E-state index contributed by atoms with van der Waals surface area (Å²) >= 11 is 5.69. The van der Waals surface area contributed by atoms with Crippen LogP contribution in [-0.4, -0.2) is 30.8 Å². The Morgan fingerprint density at radius 3 is 2.37 bits per heavy atom. The Bertz CT molecular complexity index is 778. The van der Waals surface area contributed by atoms with Gasteiger partial charge in [0.1, 0.15) is 24.2 Å². The maximum Gasteiger partial charge on any atom is 0.127 e. The van der Waals surface area contributed by atoms with Crippen molar-refractivity contribution in [2.75, 3.05) is 19.6 Å². The molecule has 0 spiro atoms. The number of hydrogen-bond acceptors (Lipinski definition) is 3. The van der Waals surface area contributed by atoms with Gasteiger partial charge in [0, 0.05) is 5.56 Å². The van der Waals surface area contributed by atoms with E-state index in [1.54, 1.807) is 7.11 Å². The van der Waals surface area contributed by atoms with E-state index in [1.807, 2.05) is 54.6 Å². The van der Waals surface area contributed by atoms with E-state index in [1.165, 1.54) is 5.57 Å². The van der Waals surface area contributed by atoms with Crippen molar-refractivity contribution < 1.29 is 14.6 Å². The van der Waals surface area contributed by atoms with Gasteiger partial charge in [-0.25, -0.2) is 0 Å². The van der Waals surface area contributed by atoms with Gasteiger partial charge in [0.2, 0.25) is 0 Å². The van der Waals surface area contributed by atoms with E-state index in [0.29, 0.717) is 12.2 Å². The number of hydrogen-bond donors (Lipinski definition) is 1. The van der Waals surface area contributed by atoms with Gasteiger partial charge in [-0.05, 0) is 43.5 Å². The van der Waals surface area contributed by atoms with E-state index in [-0.39, 0.29) is 12.5 Å². The predicted octanol–water partition coefficient (Wildman–Crippen LogP) is 5.35. The van der Waals surface area contributed by atoms with Crippen LogP contribution in [-0.2, 0) is 6.42 Å². The molecule has 0 saturated carbocycles. The molecule has 0 radical (unpaired) electrons. The van der Waals surface area contributed by atoms with Crippen LogP contribution in [0.15, 0.2) is 54.1 Å². The van der Waals surface area contributed by atoms with Gasteiger partial charge in [0.15, 0.2) is 0 Å². The molecule has 2 rings (SSSR count). The van der Waals surface area contributed by atoms with Gasteiger partial charge in [-0.1, -0.05) is 54.1 Å². The number of allylic oxidation sites excluding steroid dienone is 2. The molecule has 3 nitrogen and oxygen atoms in total. The number of methoxy groups -OCH3 is 1. The van der Waals surface area contributed by atoms with Gasteiger partial charge in [-0.15, -0.1) is 11.6 Å². The van der Waals surface area contributed by atoms with Crippen molar-refractivity contribution in [1.29, 1.82) is 0 Å². The zero-order chi connectivity index (χ0) is 19.6. The lowest BCUT2D eigenvalue weighted by Gasteiger charge is -2.17. The molecule has 0 bridgehead atoms. The second-order valence-corrected chi connectivity index (χ2v) is 6.86. The van der Waals surface area contributed by atoms with Gasteiger partial charge in [-0.2, -0.15) is 0 Å². The van der Waals surface area contributed by atoms with E-state index in [9.17, 15) is 5.11 Å². The first kappa shape index (κ1) is 21.1. The molecule has 0 aromatic heterocycles. The molecule has 2 aromatic carbocycles. The number of aliphatic hydroxyl groups excluding tert-OH is 1. The summed E-state index contributed by atoms with van der Waals surface area (Å²) in [6.45, 7) is 4.25. The first-order valence-electron chi connectivity index (χ1n) is 8.97. The Balaban J connectivity index is 2.37. The Hall–Kier alpha value is -2.23. The molecule has 27 heavy (non-hydrogen) atoms. The molecule has 1 N–H and O–H groups in total. The molecule has 0 saturated heterocycles. The highest BCUT2D eigenvalue weighted by Gasteiger charge is 2.13. The standard InChI is InChI=1S/C23H27ClO3/c1-17(2)9-12-21-22(26-3)13-19(11-10-18-7-5-4-6-8-18)14-23(21)27-16-20(25)15-24/h4-11,13-14,20,25H,12,15-16H2,1-3H3/b11-10+. The van der Waals surface area contributed by atoms with E-state index in [2.05, 4.69) is 19.9 Å². The van der Waals surface area contributed by atoms with Crippen LogP contribution in [0.3, 0.4) is 0 Å². The molecule has 0 fully saturated rings. The number of ether oxygens (including phenoxy) is 2. The summed E-state index contributed by atoms with van der Waals surface area (Å²) in [7, 11) is 1.66. The van der Waals surface area contributed by atoms with Gasteiger partial charge in [-0.3, -0.25) is 0 Å². The fourth-order valence-electron chi connectivity index (χ4n) is 2.54. The topological polar surface area (TPSA) is 38.7 Å². The maximum absolute atomic E-state index is 9.76. The van der Waals surface area contributed by atoms with Crippen LogP contribution in [0, 0.1) is 0 Å².